The molecule has 4 rings (SSSR count). The molecule has 0 radical (unpaired) electrons. The summed E-state index contributed by atoms with van der Waals surface area (Å²) in [6.45, 7) is 2.95. The van der Waals surface area contributed by atoms with Gasteiger partial charge in [-0.3, -0.25) is 0 Å². The molecule has 3 aromatic rings. The lowest BCUT2D eigenvalue weighted by Crippen LogP contribution is -2.18. The lowest BCUT2D eigenvalue weighted by Gasteiger charge is -2.18. The molecule has 0 fully saturated rings. The van der Waals surface area contributed by atoms with Crippen molar-refractivity contribution in [1.29, 1.82) is 0 Å². The van der Waals surface area contributed by atoms with Crippen LogP contribution in [0.4, 0.5) is 10.3 Å². The Bertz CT molecular complexity index is 895. The summed E-state index contributed by atoms with van der Waals surface area (Å²) >= 11 is 0. The Morgan fingerprint density at radius 1 is 1.15 bits per heavy atom. The number of rotatable bonds is 5. The zero-order valence-electron chi connectivity index (χ0n) is 14.4. The first kappa shape index (κ1) is 16.4. The van der Waals surface area contributed by atoms with E-state index >= 15 is 0 Å². The molecular weight excluding hydrogens is 335 g/mol. The van der Waals surface area contributed by atoms with Crippen molar-refractivity contribution in [2.24, 2.45) is 0 Å². The molecule has 0 aliphatic carbocycles. The first-order chi connectivity index (χ1) is 12.7. The number of hydrogen-bond acceptors (Lipinski definition) is 6. The van der Waals surface area contributed by atoms with E-state index in [1.165, 1.54) is 12.1 Å². The third-order valence-electron chi connectivity index (χ3n) is 4.29. The van der Waals surface area contributed by atoms with E-state index < -0.39 is 0 Å². The Balaban J connectivity index is 1.48. The second-order valence-electron chi connectivity index (χ2n) is 6.22. The molecular formula is C18H19FN6O. The summed E-state index contributed by atoms with van der Waals surface area (Å²) < 4.78 is 20.8. The molecule has 8 heteroatoms. The van der Waals surface area contributed by atoms with E-state index in [1.54, 1.807) is 24.4 Å². The van der Waals surface area contributed by atoms with E-state index in [9.17, 15) is 4.39 Å². The van der Waals surface area contributed by atoms with Crippen molar-refractivity contribution >= 4 is 5.95 Å². The third kappa shape index (κ3) is 3.49. The van der Waals surface area contributed by atoms with Gasteiger partial charge in [-0.25, -0.2) is 9.37 Å². The highest BCUT2D eigenvalue weighted by Gasteiger charge is 2.20. The maximum Gasteiger partial charge on any atom is 0.226 e. The third-order valence-corrected chi connectivity index (χ3v) is 4.29. The molecule has 0 saturated heterocycles. The molecule has 7 nitrogen and oxygen atoms in total. The van der Waals surface area contributed by atoms with Crippen molar-refractivity contribution in [3.63, 3.8) is 0 Å². The predicted octanol–water partition coefficient (Wildman–Crippen LogP) is 3.51. The van der Waals surface area contributed by atoms with Crippen LogP contribution in [0.5, 0.6) is 11.6 Å². The Morgan fingerprint density at radius 3 is 2.85 bits per heavy atom. The average Bonchev–Trinajstić information content (AvgIpc) is 3.08. The number of halogens is 1. The number of ether oxygens (including phenoxy) is 1. The smallest absolute Gasteiger partial charge is 0.226 e. The second kappa shape index (κ2) is 7.07. The zero-order chi connectivity index (χ0) is 17.9. The standard InChI is InChI=1S/C18H19FN6O/c1-12(17-24-23-15-4-2-3-11-25(15)17)21-18-20-10-9-16(22-18)26-14-7-5-13(19)6-8-14/h5-10,12H,2-4,11H2,1H3,(H,20,21,22). The molecule has 1 N–H and O–H groups in total. The second-order valence-corrected chi connectivity index (χ2v) is 6.22. The van der Waals surface area contributed by atoms with Gasteiger partial charge in [0.05, 0.1) is 6.04 Å². The minimum absolute atomic E-state index is 0.0876. The van der Waals surface area contributed by atoms with Gasteiger partial charge in [-0.05, 0) is 44.0 Å². The SMILES string of the molecule is CC(Nc1nccc(Oc2ccc(F)cc2)n1)c1nnc2n1CCCC2. The van der Waals surface area contributed by atoms with Crippen LogP contribution in [0.2, 0.25) is 0 Å². The van der Waals surface area contributed by atoms with Crippen molar-refractivity contribution in [3.8, 4) is 11.6 Å². The average molecular weight is 354 g/mol. The van der Waals surface area contributed by atoms with Gasteiger partial charge in [0.1, 0.15) is 17.4 Å². The molecule has 134 valence electrons. The van der Waals surface area contributed by atoms with E-state index in [2.05, 4.69) is 30.0 Å². The number of nitrogens with zero attached hydrogens (tertiary/aromatic N) is 5. The molecule has 1 unspecified atom stereocenters. The molecule has 1 aliphatic rings. The van der Waals surface area contributed by atoms with Crippen LogP contribution in [-0.2, 0) is 13.0 Å². The molecule has 3 heterocycles. The van der Waals surface area contributed by atoms with Crippen LogP contribution >= 0.6 is 0 Å². The van der Waals surface area contributed by atoms with Crippen molar-refractivity contribution in [2.45, 2.75) is 38.8 Å². The van der Waals surface area contributed by atoms with Crippen LogP contribution in [0.1, 0.15) is 37.5 Å². The molecule has 0 amide bonds. The summed E-state index contributed by atoms with van der Waals surface area (Å²) in [6, 6.07) is 7.34. The van der Waals surface area contributed by atoms with E-state index in [1.807, 2.05) is 6.92 Å². The van der Waals surface area contributed by atoms with Gasteiger partial charge in [0.25, 0.3) is 0 Å². The van der Waals surface area contributed by atoms with Gasteiger partial charge < -0.3 is 14.6 Å². The zero-order valence-corrected chi connectivity index (χ0v) is 14.4. The van der Waals surface area contributed by atoms with Crippen LogP contribution in [0.15, 0.2) is 36.5 Å². The number of hydrogen-bond donors (Lipinski definition) is 1. The monoisotopic (exact) mass is 354 g/mol. The van der Waals surface area contributed by atoms with Gasteiger partial charge in [-0.2, -0.15) is 4.98 Å². The fraction of sp³-hybridized carbons (Fsp3) is 0.333. The van der Waals surface area contributed by atoms with Crippen LogP contribution in [0.25, 0.3) is 0 Å². The van der Waals surface area contributed by atoms with Crippen LogP contribution in [0, 0.1) is 5.82 Å². The molecule has 1 atom stereocenters. The number of nitrogens with one attached hydrogen (secondary N) is 1. The normalized spacial score (nSPS) is 14.5. The predicted molar refractivity (Wildman–Crippen MR) is 93.5 cm³/mol. The summed E-state index contributed by atoms with van der Waals surface area (Å²) in [7, 11) is 0. The number of aryl methyl sites for hydroxylation is 1. The molecule has 0 spiro atoms. The maximum atomic E-state index is 13.0. The fourth-order valence-corrected chi connectivity index (χ4v) is 3.00. The Labute approximate surface area is 150 Å². The minimum atomic E-state index is -0.312. The molecule has 26 heavy (non-hydrogen) atoms. The molecule has 0 bridgehead atoms. The van der Waals surface area contributed by atoms with Gasteiger partial charge in [0.2, 0.25) is 11.8 Å². The number of anilines is 1. The maximum absolute atomic E-state index is 13.0. The Morgan fingerprint density at radius 2 is 2.00 bits per heavy atom. The van der Waals surface area contributed by atoms with Crippen LogP contribution < -0.4 is 10.1 Å². The van der Waals surface area contributed by atoms with Crippen molar-refractivity contribution in [3.05, 3.63) is 54.0 Å². The number of fused-ring (bicyclic) bond motifs is 1. The Hall–Kier alpha value is -3.03. The fourth-order valence-electron chi connectivity index (χ4n) is 3.00. The first-order valence-corrected chi connectivity index (χ1v) is 8.64. The van der Waals surface area contributed by atoms with Gasteiger partial charge in [0, 0.05) is 25.2 Å². The summed E-state index contributed by atoms with van der Waals surface area (Å²) in [5, 5.41) is 11.8. The quantitative estimate of drug-likeness (QED) is 0.755. The van der Waals surface area contributed by atoms with E-state index in [4.69, 9.17) is 4.74 Å². The lowest BCUT2D eigenvalue weighted by molar-refractivity contribution is 0.460. The first-order valence-electron chi connectivity index (χ1n) is 8.64. The molecule has 2 aromatic heterocycles. The highest BCUT2D eigenvalue weighted by atomic mass is 19.1. The van der Waals surface area contributed by atoms with E-state index in [0.29, 0.717) is 17.6 Å². The highest BCUT2D eigenvalue weighted by molar-refractivity contribution is 5.33. The van der Waals surface area contributed by atoms with Gasteiger partial charge in [-0.1, -0.05) is 0 Å². The summed E-state index contributed by atoms with van der Waals surface area (Å²) in [5.74, 6) is 2.93. The lowest BCUT2D eigenvalue weighted by atomic mass is 10.1. The van der Waals surface area contributed by atoms with Crippen LogP contribution in [-0.4, -0.2) is 24.7 Å². The highest BCUT2D eigenvalue weighted by Crippen LogP contribution is 2.23. The van der Waals surface area contributed by atoms with Crippen LogP contribution in [0.3, 0.4) is 0 Å². The van der Waals surface area contributed by atoms with E-state index in [0.717, 1.165) is 37.5 Å². The largest absolute Gasteiger partial charge is 0.439 e. The van der Waals surface area contributed by atoms with Gasteiger partial charge in [0.15, 0.2) is 5.82 Å². The number of aromatic nitrogens is 5. The minimum Gasteiger partial charge on any atom is -0.439 e. The van der Waals surface area contributed by atoms with Crippen molar-refractivity contribution < 1.29 is 9.13 Å². The van der Waals surface area contributed by atoms with Crippen molar-refractivity contribution in [2.75, 3.05) is 5.32 Å². The molecule has 1 aliphatic heterocycles. The summed E-state index contributed by atoms with van der Waals surface area (Å²) in [4.78, 5) is 8.59. The van der Waals surface area contributed by atoms with Gasteiger partial charge >= 0.3 is 0 Å². The molecule has 0 saturated carbocycles. The summed E-state index contributed by atoms with van der Waals surface area (Å²) in [6.07, 6.45) is 4.88. The topological polar surface area (TPSA) is 77.8 Å². The number of benzene rings is 1. The van der Waals surface area contributed by atoms with Crippen molar-refractivity contribution in [1.82, 2.24) is 24.7 Å². The summed E-state index contributed by atoms with van der Waals surface area (Å²) in [5.41, 5.74) is 0. The van der Waals surface area contributed by atoms with E-state index in [-0.39, 0.29) is 11.9 Å². The van der Waals surface area contributed by atoms with Gasteiger partial charge in [-0.15, -0.1) is 10.2 Å². The Kier molecular flexibility index (Phi) is 4.47. The molecule has 1 aromatic carbocycles.